The van der Waals surface area contributed by atoms with Crippen LogP contribution in [0.15, 0.2) is 67.3 Å². The number of rotatable bonds is 6. The van der Waals surface area contributed by atoms with Crippen LogP contribution in [-0.2, 0) is 10.2 Å². The van der Waals surface area contributed by atoms with Crippen LogP contribution in [0.2, 0.25) is 0 Å². The number of amides is 2. The first-order valence-corrected chi connectivity index (χ1v) is 12.8. The molecule has 2 N–H and O–H groups in total. The van der Waals surface area contributed by atoms with E-state index < -0.39 is 10.8 Å². The van der Waals surface area contributed by atoms with Crippen LogP contribution >= 0.6 is 0 Å². The fourth-order valence-corrected chi connectivity index (χ4v) is 3.79. The molecule has 0 aliphatic carbocycles. The number of carbonyl (C=O) groups is 2. The Morgan fingerprint density at radius 2 is 1.52 bits per heavy atom. The number of nitriles is 1. The highest BCUT2D eigenvalue weighted by molar-refractivity contribution is 6.04. The van der Waals surface area contributed by atoms with Gasteiger partial charge in [-0.25, -0.2) is 4.98 Å². The van der Waals surface area contributed by atoms with Gasteiger partial charge >= 0.3 is 0 Å². The van der Waals surface area contributed by atoms with Crippen molar-refractivity contribution in [1.29, 1.82) is 5.26 Å². The number of hydrogen-bond donors (Lipinski definition) is 2. The van der Waals surface area contributed by atoms with Crippen molar-refractivity contribution in [3.05, 3.63) is 84.2 Å². The molecule has 0 saturated carbocycles. The monoisotopic (exact) mass is 533 g/mol. The predicted molar refractivity (Wildman–Crippen MR) is 154 cm³/mol. The van der Waals surface area contributed by atoms with E-state index in [4.69, 9.17) is 0 Å². The molecule has 4 aromatic heterocycles. The molecule has 0 bridgehead atoms. The standard InChI is InChI=1S/C31H31N7O2/c1-19-24(16-23(17-36-19)37-28(39)22-9-11-34-26(14-22)31(5,6)18-32)20-7-10-33-25(13-20)21-8-12-35-27(15-21)38-29(40)30(2,3)4/h7-17H,1-6H3,(H,37,39)(H,35,38,40). The van der Waals surface area contributed by atoms with Crippen LogP contribution in [0.3, 0.4) is 0 Å². The summed E-state index contributed by atoms with van der Waals surface area (Å²) in [5.41, 5.74) is 4.05. The SMILES string of the molecule is Cc1ncc(NC(=O)c2ccnc(C(C)(C)C#N)c2)cc1-c1ccnc(-c2ccnc(NC(=O)C(C)(C)C)c2)c1. The minimum Gasteiger partial charge on any atom is -0.321 e. The number of nitrogens with zero attached hydrogens (tertiary/aromatic N) is 5. The third-order valence-electron chi connectivity index (χ3n) is 6.34. The molecule has 4 heterocycles. The first-order chi connectivity index (χ1) is 18.9. The molecule has 2 amide bonds. The maximum absolute atomic E-state index is 13.0. The number of hydrogen-bond acceptors (Lipinski definition) is 7. The highest BCUT2D eigenvalue weighted by Gasteiger charge is 2.23. The van der Waals surface area contributed by atoms with Crippen LogP contribution in [0.5, 0.6) is 0 Å². The van der Waals surface area contributed by atoms with Gasteiger partial charge in [-0.2, -0.15) is 5.26 Å². The van der Waals surface area contributed by atoms with Crippen LogP contribution in [0, 0.1) is 23.7 Å². The zero-order valence-corrected chi connectivity index (χ0v) is 23.4. The van der Waals surface area contributed by atoms with E-state index >= 15 is 0 Å². The third-order valence-corrected chi connectivity index (χ3v) is 6.34. The zero-order valence-electron chi connectivity index (χ0n) is 23.4. The van der Waals surface area contributed by atoms with E-state index in [2.05, 4.69) is 36.6 Å². The van der Waals surface area contributed by atoms with Crippen molar-refractivity contribution in [2.75, 3.05) is 10.6 Å². The van der Waals surface area contributed by atoms with Gasteiger partial charge in [0.25, 0.3) is 5.91 Å². The first-order valence-electron chi connectivity index (χ1n) is 12.8. The van der Waals surface area contributed by atoms with Gasteiger partial charge in [0.1, 0.15) is 5.82 Å². The third kappa shape index (κ3) is 6.35. The van der Waals surface area contributed by atoms with Gasteiger partial charge in [-0.15, -0.1) is 0 Å². The van der Waals surface area contributed by atoms with Crippen molar-refractivity contribution in [3.8, 4) is 28.5 Å². The summed E-state index contributed by atoms with van der Waals surface area (Å²) in [6, 6.07) is 14.7. The van der Waals surface area contributed by atoms with Gasteiger partial charge in [0.05, 0.1) is 34.8 Å². The highest BCUT2D eigenvalue weighted by atomic mass is 16.2. The van der Waals surface area contributed by atoms with Crippen LogP contribution in [0.4, 0.5) is 11.5 Å². The molecular formula is C31H31N7O2. The molecule has 0 aromatic carbocycles. The van der Waals surface area contributed by atoms with Crippen molar-refractivity contribution in [2.24, 2.45) is 5.41 Å². The molecule has 4 aromatic rings. The summed E-state index contributed by atoms with van der Waals surface area (Å²) in [4.78, 5) is 43.0. The second-order valence-electron chi connectivity index (χ2n) is 11.0. The molecule has 0 spiro atoms. The second kappa shape index (κ2) is 11.0. The van der Waals surface area contributed by atoms with Crippen molar-refractivity contribution in [1.82, 2.24) is 19.9 Å². The topological polar surface area (TPSA) is 134 Å². The van der Waals surface area contributed by atoms with E-state index in [0.717, 1.165) is 22.4 Å². The summed E-state index contributed by atoms with van der Waals surface area (Å²) in [7, 11) is 0. The molecule has 4 rings (SSSR count). The Morgan fingerprint density at radius 1 is 0.825 bits per heavy atom. The van der Waals surface area contributed by atoms with Crippen molar-refractivity contribution in [3.63, 3.8) is 0 Å². The molecular weight excluding hydrogens is 502 g/mol. The number of anilines is 2. The summed E-state index contributed by atoms with van der Waals surface area (Å²) in [5.74, 6) is -0.00757. The molecule has 0 atom stereocenters. The van der Waals surface area contributed by atoms with E-state index in [1.54, 1.807) is 50.6 Å². The van der Waals surface area contributed by atoms with Gasteiger partial charge in [-0.05, 0) is 68.8 Å². The van der Waals surface area contributed by atoms with Crippen LogP contribution in [-0.4, -0.2) is 31.8 Å². The van der Waals surface area contributed by atoms with Gasteiger partial charge in [0, 0.05) is 46.4 Å². The van der Waals surface area contributed by atoms with Crippen LogP contribution < -0.4 is 10.6 Å². The first kappa shape index (κ1) is 28.0. The number of nitrogens with one attached hydrogen (secondary N) is 2. The van der Waals surface area contributed by atoms with E-state index in [0.29, 0.717) is 28.5 Å². The normalized spacial score (nSPS) is 11.4. The lowest BCUT2D eigenvalue weighted by atomic mass is 9.90. The highest BCUT2D eigenvalue weighted by Crippen LogP contribution is 2.29. The molecule has 0 fully saturated rings. The quantitative estimate of drug-likeness (QED) is 0.313. The predicted octanol–water partition coefficient (Wildman–Crippen LogP) is 5.95. The van der Waals surface area contributed by atoms with E-state index in [1.807, 2.05) is 52.0 Å². The summed E-state index contributed by atoms with van der Waals surface area (Å²) < 4.78 is 0. The lowest BCUT2D eigenvalue weighted by Crippen LogP contribution is -2.28. The van der Waals surface area contributed by atoms with Gasteiger partial charge in [-0.3, -0.25) is 24.5 Å². The van der Waals surface area contributed by atoms with Crippen molar-refractivity contribution >= 4 is 23.3 Å². The van der Waals surface area contributed by atoms with Crippen molar-refractivity contribution < 1.29 is 9.59 Å². The minimum atomic E-state index is -0.818. The Kier molecular flexibility index (Phi) is 7.73. The van der Waals surface area contributed by atoms with Crippen LogP contribution in [0.1, 0.15) is 56.4 Å². The molecule has 0 aliphatic rings. The lowest BCUT2D eigenvalue weighted by Gasteiger charge is -2.17. The summed E-state index contributed by atoms with van der Waals surface area (Å²) >= 11 is 0. The number of pyridine rings is 4. The fraction of sp³-hybridized carbons (Fsp3) is 0.258. The molecule has 0 saturated heterocycles. The zero-order chi connectivity index (χ0) is 29.1. The maximum Gasteiger partial charge on any atom is 0.255 e. The Morgan fingerprint density at radius 3 is 2.25 bits per heavy atom. The molecule has 9 nitrogen and oxygen atoms in total. The van der Waals surface area contributed by atoms with Crippen molar-refractivity contribution in [2.45, 2.75) is 47.0 Å². The number of carbonyl (C=O) groups excluding carboxylic acids is 2. The minimum absolute atomic E-state index is 0.129. The van der Waals surface area contributed by atoms with Crippen LogP contribution in [0.25, 0.3) is 22.4 Å². The number of aromatic nitrogens is 4. The summed E-state index contributed by atoms with van der Waals surface area (Å²) in [6.07, 6.45) is 6.47. The Bertz CT molecular complexity index is 1630. The van der Waals surface area contributed by atoms with E-state index in [9.17, 15) is 14.9 Å². The average Bonchev–Trinajstić information content (AvgIpc) is 2.94. The van der Waals surface area contributed by atoms with Gasteiger partial charge in [0.15, 0.2) is 0 Å². The Hall–Kier alpha value is -4.97. The molecule has 9 heteroatoms. The van der Waals surface area contributed by atoms with Gasteiger partial charge < -0.3 is 10.6 Å². The van der Waals surface area contributed by atoms with E-state index in [-0.39, 0.29) is 11.8 Å². The molecule has 202 valence electrons. The smallest absolute Gasteiger partial charge is 0.255 e. The van der Waals surface area contributed by atoms with E-state index in [1.165, 1.54) is 6.20 Å². The lowest BCUT2D eigenvalue weighted by molar-refractivity contribution is -0.123. The second-order valence-corrected chi connectivity index (χ2v) is 11.0. The van der Waals surface area contributed by atoms with Gasteiger partial charge in [-0.1, -0.05) is 20.8 Å². The largest absolute Gasteiger partial charge is 0.321 e. The van der Waals surface area contributed by atoms with Gasteiger partial charge in [0.2, 0.25) is 5.91 Å². The number of aryl methyl sites for hydroxylation is 1. The maximum atomic E-state index is 13.0. The molecule has 0 aliphatic heterocycles. The summed E-state index contributed by atoms with van der Waals surface area (Å²) in [6.45, 7) is 10.9. The summed E-state index contributed by atoms with van der Waals surface area (Å²) in [5, 5.41) is 15.2. The Balaban J connectivity index is 1.60. The Labute approximate surface area is 233 Å². The fourth-order valence-electron chi connectivity index (χ4n) is 3.79. The molecule has 0 unspecified atom stereocenters. The average molecular weight is 534 g/mol. The molecule has 40 heavy (non-hydrogen) atoms. The molecule has 0 radical (unpaired) electrons.